The summed E-state index contributed by atoms with van der Waals surface area (Å²) in [5.74, 6) is -1.88. The number of hydrogen-bond donors (Lipinski definition) is 2. The van der Waals surface area contributed by atoms with Gasteiger partial charge in [-0.1, -0.05) is 11.8 Å². The molecule has 8 heteroatoms. The second-order valence-corrected chi connectivity index (χ2v) is 5.21. The molecule has 25 heavy (non-hydrogen) atoms. The molecule has 2 aromatic rings. The zero-order valence-corrected chi connectivity index (χ0v) is 13.4. The number of nitrogens with one attached hydrogen (secondary N) is 1. The Morgan fingerprint density at radius 1 is 1.24 bits per heavy atom. The van der Waals surface area contributed by atoms with E-state index in [0.29, 0.717) is 17.0 Å². The average molecular weight is 344 g/mol. The van der Waals surface area contributed by atoms with Crippen molar-refractivity contribution in [3.8, 4) is 17.2 Å². The number of rotatable bonds is 5. The Balaban J connectivity index is 1.97. The van der Waals surface area contributed by atoms with Gasteiger partial charge in [-0.25, -0.2) is 9.59 Å². The predicted molar refractivity (Wildman–Crippen MR) is 84.2 cm³/mol. The number of carbonyl (C=O) groups is 2. The second-order valence-electron chi connectivity index (χ2n) is 5.21. The molecule has 1 aliphatic rings. The number of aromatic carboxylic acids is 1. The first-order valence-corrected chi connectivity index (χ1v) is 7.23. The van der Waals surface area contributed by atoms with E-state index in [1.54, 1.807) is 12.1 Å². The van der Waals surface area contributed by atoms with Crippen LogP contribution >= 0.6 is 0 Å². The molecule has 2 aromatic carbocycles. The fraction of sp³-hybridized carbons (Fsp3) is 0.176. The second kappa shape index (κ2) is 6.23. The molecule has 0 saturated carbocycles. The van der Waals surface area contributed by atoms with Gasteiger partial charge in [0.2, 0.25) is 6.23 Å². The van der Waals surface area contributed by atoms with E-state index in [2.05, 4.69) is 5.32 Å². The Bertz CT molecular complexity index is 862. The molecule has 0 amide bonds. The van der Waals surface area contributed by atoms with E-state index in [1.165, 1.54) is 26.4 Å². The van der Waals surface area contributed by atoms with Crippen molar-refractivity contribution in [2.75, 3.05) is 19.5 Å². The standard InChI is InChI=1S/C17H15NO7/c1-23-12-6-4-9-13(14(12)24-2)17(22)25-15(9)18-8-3-5-11(19)10(7-8)16(20)21/h3-7,15,18-19H,1-2H3,(H,20,21)/p-1/t15-/m0/s1. The van der Waals surface area contributed by atoms with Crippen LogP contribution in [0.5, 0.6) is 17.2 Å². The van der Waals surface area contributed by atoms with Crippen LogP contribution in [0.3, 0.4) is 0 Å². The summed E-state index contributed by atoms with van der Waals surface area (Å²) in [6, 6.07) is 7.04. The minimum absolute atomic E-state index is 0.234. The van der Waals surface area contributed by atoms with Crippen LogP contribution in [-0.4, -0.2) is 31.3 Å². The zero-order chi connectivity index (χ0) is 18.1. The lowest BCUT2D eigenvalue weighted by Crippen LogP contribution is -2.11. The first-order valence-electron chi connectivity index (χ1n) is 7.23. The number of carboxylic acids is 1. The molecule has 0 bridgehead atoms. The zero-order valence-electron chi connectivity index (χ0n) is 13.4. The van der Waals surface area contributed by atoms with Gasteiger partial charge in [-0.05, 0) is 24.3 Å². The van der Waals surface area contributed by atoms with Crippen LogP contribution in [-0.2, 0) is 4.74 Å². The minimum atomic E-state index is -1.33. The number of carbonyl (C=O) groups excluding carboxylic acids is 1. The summed E-state index contributed by atoms with van der Waals surface area (Å²) in [6.45, 7) is 0. The Morgan fingerprint density at radius 3 is 2.64 bits per heavy atom. The highest BCUT2D eigenvalue weighted by atomic mass is 16.6. The third-order valence-electron chi connectivity index (χ3n) is 3.80. The van der Waals surface area contributed by atoms with E-state index in [4.69, 9.17) is 19.3 Å². The molecule has 0 spiro atoms. The number of hydrogen-bond acceptors (Lipinski definition) is 7. The van der Waals surface area contributed by atoms with Crippen molar-refractivity contribution in [2.24, 2.45) is 0 Å². The molecule has 8 nitrogen and oxygen atoms in total. The molecule has 1 aliphatic heterocycles. The Hall–Kier alpha value is -3.42. The summed E-state index contributed by atoms with van der Waals surface area (Å²) < 4.78 is 15.7. The smallest absolute Gasteiger partial charge is 0.344 e. The number of esters is 1. The quantitative estimate of drug-likeness (QED) is 0.788. The number of benzene rings is 2. The van der Waals surface area contributed by atoms with Crippen LogP contribution < -0.4 is 19.9 Å². The van der Waals surface area contributed by atoms with Crippen LogP contribution in [0, 0.1) is 0 Å². The lowest BCUT2D eigenvalue weighted by molar-refractivity contribution is -0.268. The van der Waals surface area contributed by atoms with Crippen molar-refractivity contribution in [1.82, 2.24) is 0 Å². The SMILES string of the molecule is COc1ccc2c(c1OC)C(=O)O[C@@H]2Nc1ccc([O-])c(C(=O)O)c1. The molecule has 0 unspecified atom stereocenters. The molecule has 1 atom stereocenters. The molecule has 130 valence electrons. The maximum absolute atomic E-state index is 12.2. The lowest BCUT2D eigenvalue weighted by Gasteiger charge is -2.17. The van der Waals surface area contributed by atoms with E-state index in [-0.39, 0.29) is 16.9 Å². The normalized spacial score (nSPS) is 15.3. The third kappa shape index (κ3) is 2.78. The molecule has 0 saturated heterocycles. The maximum Gasteiger partial charge on any atom is 0.344 e. The van der Waals surface area contributed by atoms with Gasteiger partial charge in [-0.3, -0.25) is 0 Å². The van der Waals surface area contributed by atoms with Crippen molar-refractivity contribution in [3.05, 3.63) is 47.0 Å². The van der Waals surface area contributed by atoms with E-state index >= 15 is 0 Å². The fourth-order valence-corrected chi connectivity index (χ4v) is 2.65. The topological polar surface area (TPSA) is 117 Å². The van der Waals surface area contributed by atoms with Gasteiger partial charge in [0.15, 0.2) is 11.5 Å². The first-order chi connectivity index (χ1) is 12.0. The van der Waals surface area contributed by atoms with Crippen molar-refractivity contribution in [3.63, 3.8) is 0 Å². The van der Waals surface area contributed by atoms with E-state index in [0.717, 1.165) is 6.07 Å². The van der Waals surface area contributed by atoms with Gasteiger partial charge < -0.3 is 29.7 Å². The predicted octanol–water partition coefficient (Wildman–Crippen LogP) is 1.76. The van der Waals surface area contributed by atoms with E-state index in [9.17, 15) is 14.7 Å². The van der Waals surface area contributed by atoms with E-state index in [1.807, 2.05) is 0 Å². The molecular formula is C17H14NO7-. The number of carboxylic acid groups (broad SMARTS) is 1. The fourth-order valence-electron chi connectivity index (χ4n) is 2.65. The highest BCUT2D eigenvalue weighted by Crippen LogP contribution is 2.42. The lowest BCUT2D eigenvalue weighted by atomic mass is 10.1. The molecule has 0 radical (unpaired) electrons. The van der Waals surface area contributed by atoms with Gasteiger partial charge in [0, 0.05) is 11.3 Å². The summed E-state index contributed by atoms with van der Waals surface area (Å²) in [4.78, 5) is 23.3. The van der Waals surface area contributed by atoms with Crippen LogP contribution in [0.1, 0.15) is 32.5 Å². The number of cyclic esters (lactones) is 1. The van der Waals surface area contributed by atoms with Crippen molar-refractivity contribution < 1.29 is 34.0 Å². The van der Waals surface area contributed by atoms with Gasteiger partial charge in [0.05, 0.1) is 19.8 Å². The monoisotopic (exact) mass is 344 g/mol. The van der Waals surface area contributed by atoms with Gasteiger partial charge in [0.1, 0.15) is 5.56 Å². The van der Waals surface area contributed by atoms with Gasteiger partial charge >= 0.3 is 11.9 Å². The summed E-state index contributed by atoms with van der Waals surface area (Å²) in [7, 11) is 2.87. The molecule has 2 N–H and O–H groups in total. The van der Waals surface area contributed by atoms with Crippen molar-refractivity contribution in [2.45, 2.75) is 6.23 Å². The average Bonchev–Trinajstić information content (AvgIpc) is 2.91. The summed E-state index contributed by atoms with van der Waals surface area (Å²) in [6.07, 6.45) is -0.846. The Kier molecular flexibility index (Phi) is 4.10. The molecule has 0 fully saturated rings. The number of methoxy groups -OCH3 is 2. The number of ether oxygens (including phenoxy) is 3. The highest BCUT2D eigenvalue weighted by molar-refractivity contribution is 5.98. The van der Waals surface area contributed by atoms with Crippen LogP contribution in [0.25, 0.3) is 0 Å². The Morgan fingerprint density at radius 2 is 2.00 bits per heavy atom. The van der Waals surface area contributed by atoms with E-state index < -0.39 is 23.9 Å². The van der Waals surface area contributed by atoms with Crippen molar-refractivity contribution >= 4 is 17.6 Å². The maximum atomic E-state index is 12.2. The number of fused-ring (bicyclic) bond motifs is 1. The molecule has 0 aliphatic carbocycles. The Labute approximate surface area is 142 Å². The van der Waals surface area contributed by atoms with Crippen LogP contribution in [0.2, 0.25) is 0 Å². The number of anilines is 1. The van der Waals surface area contributed by atoms with Crippen LogP contribution in [0.4, 0.5) is 5.69 Å². The molecule has 0 aromatic heterocycles. The molecule has 3 rings (SSSR count). The molecule has 1 heterocycles. The van der Waals surface area contributed by atoms with Gasteiger partial charge in [0.25, 0.3) is 0 Å². The van der Waals surface area contributed by atoms with Crippen molar-refractivity contribution in [1.29, 1.82) is 0 Å². The first kappa shape index (κ1) is 16.4. The van der Waals surface area contributed by atoms with Gasteiger partial charge in [-0.2, -0.15) is 0 Å². The molecular weight excluding hydrogens is 330 g/mol. The largest absolute Gasteiger partial charge is 0.872 e. The summed E-state index contributed by atoms with van der Waals surface area (Å²) >= 11 is 0. The summed E-state index contributed by atoms with van der Waals surface area (Å²) in [5, 5.41) is 23.5. The summed E-state index contributed by atoms with van der Waals surface area (Å²) in [5.41, 5.74) is 0.711. The minimum Gasteiger partial charge on any atom is -0.872 e. The van der Waals surface area contributed by atoms with Crippen LogP contribution in [0.15, 0.2) is 30.3 Å². The van der Waals surface area contributed by atoms with Gasteiger partial charge in [-0.15, -0.1) is 0 Å². The third-order valence-corrected chi connectivity index (χ3v) is 3.80. The highest BCUT2D eigenvalue weighted by Gasteiger charge is 2.35.